The first kappa shape index (κ1) is 23.1. The summed E-state index contributed by atoms with van der Waals surface area (Å²) in [6.45, 7) is 14.7. The second kappa shape index (κ2) is 11.1. The first-order chi connectivity index (χ1) is 13.0. The number of aliphatic imine (C=N–C) groups is 1. The van der Waals surface area contributed by atoms with Crippen molar-refractivity contribution in [1.29, 1.82) is 0 Å². The Morgan fingerprint density at radius 2 is 2.00 bits per heavy atom. The van der Waals surface area contributed by atoms with Gasteiger partial charge in [0, 0.05) is 63.2 Å². The Balaban J connectivity index is 0.00000280. The maximum atomic E-state index is 5.17. The highest BCUT2D eigenvalue weighted by atomic mass is 127. The van der Waals surface area contributed by atoms with Crippen LogP contribution in [0.1, 0.15) is 34.0 Å². The van der Waals surface area contributed by atoms with Gasteiger partial charge >= 0.3 is 0 Å². The number of rotatable bonds is 6. The Labute approximate surface area is 188 Å². The lowest BCUT2D eigenvalue weighted by atomic mass is 10.3. The molecule has 1 fully saturated rings. The van der Waals surface area contributed by atoms with Crippen LogP contribution >= 0.6 is 35.3 Å². The van der Waals surface area contributed by atoms with Crippen molar-refractivity contribution < 1.29 is 4.52 Å². The molecule has 1 saturated heterocycles. The van der Waals surface area contributed by atoms with Gasteiger partial charge in [0.05, 0.1) is 16.4 Å². The van der Waals surface area contributed by atoms with Crippen LogP contribution in [0.5, 0.6) is 0 Å². The maximum Gasteiger partial charge on any atom is 0.194 e. The summed E-state index contributed by atoms with van der Waals surface area (Å²) in [4.78, 5) is 15.5. The Morgan fingerprint density at radius 3 is 2.57 bits per heavy atom. The Bertz CT molecular complexity index is 766. The smallest absolute Gasteiger partial charge is 0.194 e. The van der Waals surface area contributed by atoms with Crippen molar-refractivity contribution in [2.24, 2.45) is 4.99 Å². The molecule has 1 aliphatic heterocycles. The molecule has 0 aliphatic carbocycles. The van der Waals surface area contributed by atoms with Gasteiger partial charge in [0.2, 0.25) is 0 Å². The van der Waals surface area contributed by atoms with Gasteiger partial charge in [0.1, 0.15) is 5.76 Å². The largest absolute Gasteiger partial charge is 0.361 e. The quantitative estimate of drug-likeness (QED) is 0.360. The van der Waals surface area contributed by atoms with Crippen molar-refractivity contribution >= 4 is 41.3 Å². The van der Waals surface area contributed by atoms with E-state index < -0.39 is 0 Å². The van der Waals surface area contributed by atoms with Crippen molar-refractivity contribution in [3.05, 3.63) is 33.1 Å². The van der Waals surface area contributed by atoms with Crippen molar-refractivity contribution in [3.8, 4) is 0 Å². The number of piperazine rings is 1. The molecule has 0 radical (unpaired) electrons. The summed E-state index contributed by atoms with van der Waals surface area (Å²) < 4.78 is 5.17. The number of aromatic nitrogens is 2. The van der Waals surface area contributed by atoms with Gasteiger partial charge in [-0.2, -0.15) is 0 Å². The summed E-state index contributed by atoms with van der Waals surface area (Å²) in [5.74, 6) is 1.89. The summed E-state index contributed by atoms with van der Waals surface area (Å²) in [6.07, 6.45) is 0.956. The Morgan fingerprint density at radius 1 is 1.25 bits per heavy atom. The van der Waals surface area contributed by atoms with Crippen LogP contribution in [0.4, 0.5) is 0 Å². The Kier molecular flexibility index (Phi) is 9.16. The van der Waals surface area contributed by atoms with E-state index in [0.29, 0.717) is 0 Å². The van der Waals surface area contributed by atoms with E-state index in [1.165, 1.54) is 4.88 Å². The molecule has 3 rings (SSSR count). The lowest BCUT2D eigenvalue weighted by Gasteiger charge is -2.36. The SMILES string of the molecule is CCNC(=NCCc1sc(C)nc1C)N1CCN(Cc2cc(C)on2)CC1.I. The van der Waals surface area contributed by atoms with Gasteiger partial charge in [-0.05, 0) is 27.7 Å². The molecule has 0 unspecified atom stereocenters. The third-order valence-electron chi connectivity index (χ3n) is 4.67. The van der Waals surface area contributed by atoms with Gasteiger partial charge in [0.15, 0.2) is 5.96 Å². The number of nitrogens with zero attached hydrogens (tertiary/aromatic N) is 5. The number of thiazole rings is 1. The topological polar surface area (TPSA) is 69.8 Å². The van der Waals surface area contributed by atoms with Gasteiger partial charge in [-0.3, -0.25) is 9.89 Å². The van der Waals surface area contributed by atoms with Gasteiger partial charge in [0.25, 0.3) is 0 Å². The van der Waals surface area contributed by atoms with E-state index in [4.69, 9.17) is 9.52 Å². The zero-order valence-corrected chi connectivity index (χ0v) is 20.3. The van der Waals surface area contributed by atoms with Crippen LogP contribution in [-0.2, 0) is 13.0 Å². The fourth-order valence-electron chi connectivity index (χ4n) is 3.33. The van der Waals surface area contributed by atoms with Crippen LogP contribution in [0.2, 0.25) is 0 Å². The molecule has 0 spiro atoms. The highest BCUT2D eigenvalue weighted by molar-refractivity contribution is 14.0. The van der Waals surface area contributed by atoms with E-state index in [1.54, 1.807) is 11.3 Å². The molecule has 0 atom stereocenters. The van der Waals surface area contributed by atoms with Gasteiger partial charge in [-0.1, -0.05) is 5.16 Å². The second-order valence-corrected chi connectivity index (χ2v) is 8.21. The zero-order valence-electron chi connectivity index (χ0n) is 17.2. The summed E-state index contributed by atoms with van der Waals surface area (Å²) in [7, 11) is 0. The summed E-state index contributed by atoms with van der Waals surface area (Å²) >= 11 is 1.78. The van der Waals surface area contributed by atoms with E-state index in [-0.39, 0.29) is 24.0 Å². The lowest BCUT2D eigenvalue weighted by molar-refractivity contribution is 0.169. The highest BCUT2D eigenvalue weighted by Crippen LogP contribution is 2.17. The van der Waals surface area contributed by atoms with Crippen molar-refractivity contribution in [1.82, 2.24) is 25.3 Å². The minimum atomic E-state index is 0. The first-order valence-electron chi connectivity index (χ1n) is 9.66. The van der Waals surface area contributed by atoms with Crippen molar-refractivity contribution in [2.75, 3.05) is 39.3 Å². The first-order valence-corrected chi connectivity index (χ1v) is 10.5. The summed E-state index contributed by atoms with van der Waals surface area (Å²) in [5.41, 5.74) is 2.16. The second-order valence-electron chi connectivity index (χ2n) is 6.92. The van der Waals surface area contributed by atoms with Crippen LogP contribution < -0.4 is 5.32 Å². The molecular weight excluding hydrogens is 487 g/mol. The van der Waals surface area contributed by atoms with Crippen LogP contribution in [0.25, 0.3) is 0 Å². The predicted molar refractivity (Wildman–Crippen MR) is 125 cm³/mol. The molecule has 1 aliphatic rings. The average molecular weight is 518 g/mol. The molecule has 2 aromatic heterocycles. The number of hydrogen-bond acceptors (Lipinski definition) is 6. The molecule has 3 heterocycles. The molecule has 7 nitrogen and oxygen atoms in total. The number of guanidine groups is 1. The molecule has 156 valence electrons. The minimum absolute atomic E-state index is 0. The van der Waals surface area contributed by atoms with E-state index in [1.807, 2.05) is 13.0 Å². The molecule has 0 aromatic carbocycles. The lowest BCUT2D eigenvalue weighted by Crippen LogP contribution is -2.52. The standard InChI is InChI=1S/C19H30N6OS.HI/c1-5-20-19(21-7-6-18-15(3)22-16(4)27-18)25-10-8-24(9-11-25)13-17-12-14(2)26-23-17;/h12H,5-11,13H2,1-4H3,(H,20,21);1H. The van der Waals surface area contributed by atoms with E-state index in [0.717, 1.165) is 80.3 Å². The predicted octanol–water partition coefficient (Wildman–Crippen LogP) is 3.00. The number of halogens is 1. The van der Waals surface area contributed by atoms with Crippen LogP contribution in [0.15, 0.2) is 15.6 Å². The molecule has 28 heavy (non-hydrogen) atoms. The van der Waals surface area contributed by atoms with E-state index in [2.05, 4.69) is 46.0 Å². The summed E-state index contributed by atoms with van der Waals surface area (Å²) in [6, 6.07) is 2.01. The van der Waals surface area contributed by atoms with Crippen LogP contribution in [-0.4, -0.2) is 65.2 Å². The van der Waals surface area contributed by atoms with Crippen molar-refractivity contribution in [3.63, 3.8) is 0 Å². The van der Waals surface area contributed by atoms with E-state index >= 15 is 0 Å². The number of nitrogens with one attached hydrogen (secondary N) is 1. The van der Waals surface area contributed by atoms with Gasteiger partial charge < -0.3 is 14.7 Å². The van der Waals surface area contributed by atoms with Gasteiger partial charge in [-0.15, -0.1) is 35.3 Å². The number of aryl methyl sites for hydroxylation is 3. The molecule has 2 aromatic rings. The fourth-order valence-corrected chi connectivity index (χ4v) is 4.26. The van der Waals surface area contributed by atoms with Crippen LogP contribution in [0, 0.1) is 20.8 Å². The Hall–Kier alpha value is -1.20. The maximum absolute atomic E-state index is 5.17. The van der Waals surface area contributed by atoms with Gasteiger partial charge in [-0.25, -0.2) is 4.98 Å². The van der Waals surface area contributed by atoms with Crippen LogP contribution in [0.3, 0.4) is 0 Å². The highest BCUT2D eigenvalue weighted by Gasteiger charge is 2.20. The normalized spacial score (nSPS) is 15.6. The molecule has 0 bridgehead atoms. The minimum Gasteiger partial charge on any atom is -0.361 e. The van der Waals surface area contributed by atoms with E-state index in [9.17, 15) is 0 Å². The van der Waals surface area contributed by atoms with Crippen molar-refractivity contribution in [2.45, 2.75) is 40.7 Å². The average Bonchev–Trinajstić information content (AvgIpc) is 3.19. The fraction of sp³-hybridized carbons (Fsp3) is 0.632. The molecular formula is C19H31IN6OS. The number of hydrogen-bond donors (Lipinski definition) is 1. The molecule has 9 heteroatoms. The molecule has 0 amide bonds. The zero-order chi connectivity index (χ0) is 19.2. The summed E-state index contributed by atoms with van der Waals surface area (Å²) in [5, 5.41) is 8.68. The molecule has 1 N–H and O–H groups in total. The third kappa shape index (κ3) is 6.41. The monoisotopic (exact) mass is 518 g/mol. The third-order valence-corrected chi connectivity index (χ3v) is 5.80. The molecule has 0 saturated carbocycles.